The van der Waals surface area contributed by atoms with Crippen LogP contribution >= 0.6 is 0 Å². The molecular weight excluding hydrogens is 214 g/mol. The van der Waals surface area contributed by atoms with E-state index >= 15 is 0 Å². The van der Waals surface area contributed by atoms with Crippen LogP contribution in [0, 0.1) is 0 Å². The first-order valence-electron chi connectivity index (χ1n) is 6.67. The highest BCUT2D eigenvalue weighted by Crippen LogP contribution is 2.05. The second-order valence-corrected chi connectivity index (χ2v) is 4.99. The number of likely N-dealkylation sites (N-methyl/N-ethyl adjacent to an activating group) is 1. The zero-order chi connectivity index (χ0) is 13.5. The Hall–Kier alpha value is -0.610. The maximum Gasteiger partial charge on any atom is 0.242 e. The first-order valence-corrected chi connectivity index (χ1v) is 6.67. The van der Waals surface area contributed by atoms with Gasteiger partial charge in [-0.3, -0.25) is 4.79 Å². The van der Waals surface area contributed by atoms with Crippen LogP contribution in [0.2, 0.25) is 0 Å². The van der Waals surface area contributed by atoms with Gasteiger partial charge in [0.15, 0.2) is 0 Å². The molecule has 102 valence electrons. The molecule has 0 fully saturated rings. The molecule has 0 saturated carbocycles. The van der Waals surface area contributed by atoms with Crippen molar-refractivity contribution in [2.45, 2.75) is 46.6 Å². The van der Waals surface area contributed by atoms with Crippen LogP contribution < -0.4 is 5.73 Å². The number of hydrogen-bond acceptors (Lipinski definition) is 3. The van der Waals surface area contributed by atoms with Crippen molar-refractivity contribution >= 4 is 5.91 Å². The third kappa shape index (κ3) is 6.03. The first-order chi connectivity index (χ1) is 7.86. The van der Waals surface area contributed by atoms with Crippen LogP contribution in [-0.2, 0) is 4.79 Å². The number of carbonyl (C=O) groups is 1. The minimum Gasteiger partial charge on any atom is -0.341 e. The topological polar surface area (TPSA) is 49.6 Å². The molecule has 0 atom stereocenters. The molecule has 0 aliphatic carbocycles. The summed E-state index contributed by atoms with van der Waals surface area (Å²) in [5, 5.41) is 0. The van der Waals surface area contributed by atoms with Gasteiger partial charge in [-0.25, -0.2) is 0 Å². The summed E-state index contributed by atoms with van der Waals surface area (Å²) in [5.74, 6) is 0.0412. The standard InChI is InChI=1S/C13H29N3O/c1-6-15(7-2)10-9-11-16(8-3)12(17)13(4,5)14/h6-11,14H2,1-5H3. The molecule has 0 radical (unpaired) electrons. The lowest BCUT2D eigenvalue weighted by Gasteiger charge is -2.29. The maximum atomic E-state index is 12.0. The van der Waals surface area contributed by atoms with Gasteiger partial charge in [0.1, 0.15) is 0 Å². The van der Waals surface area contributed by atoms with Gasteiger partial charge in [0.2, 0.25) is 5.91 Å². The average Bonchev–Trinajstić information content (AvgIpc) is 2.27. The van der Waals surface area contributed by atoms with E-state index in [-0.39, 0.29) is 5.91 Å². The summed E-state index contributed by atoms with van der Waals surface area (Å²) in [7, 11) is 0. The molecule has 4 heteroatoms. The Morgan fingerprint density at radius 1 is 1.06 bits per heavy atom. The smallest absolute Gasteiger partial charge is 0.242 e. The lowest BCUT2D eigenvalue weighted by molar-refractivity contribution is -0.135. The zero-order valence-corrected chi connectivity index (χ0v) is 12.1. The molecular formula is C13H29N3O. The zero-order valence-electron chi connectivity index (χ0n) is 12.1. The van der Waals surface area contributed by atoms with E-state index in [0.29, 0.717) is 0 Å². The summed E-state index contributed by atoms with van der Waals surface area (Å²) in [4.78, 5) is 16.2. The summed E-state index contributed by atoms with van der Waals surface area (Å²) in [6.45, 7) is 14.6. The summed E-state index contributed by atoms with van der Waals surface area (Å²) >= 11 is 0. The highest BCUT2D eigenvalue weighted by Gasteiger charge is 2.26. The predicted octanol–water partition coefficient (Wildman–Crippen LogP) is 1.30. The van der Waals surface area contributed by atoms with Gasteiger partial charge in [0.25, 0.3) is 0 Å². The molecule has 0 aromatic heterocycles. The Kier molecular flexibility index (Phi) is 7.39. The number of nitrogens with two attached hydrogens (primary N) is 1. The van der Waals surface area contributed by atoms with Crippen LogP contribution in [0.15, 0.2) is 0 Å². The van der Waals surface area contributed by atoms with Gasteiger partial charge in [-0.1, -0.05) is 13.8 Å². The summed E-state index contributed by atoms with van der Waals surface area (Å²) in [5.41, 5.74) is 5.08. The molecule has 0 unspecified atom stereocenters. The van der Waals surface area contributed by atoms with Gasteiger partial charge in [-0.2, -0.15) is 0 Å². The van der Waals surface area contributed by atoms with E-state index in [2.05, 4.69) is 18.7 Å². The SMILES string of the molecule is CCN(CC)CCCN(CC)C(=O)C(C)(C)N. The quantitative estimate of drug-likeness (QED) is 0.699. The van der Waals surface area contributed by atoms with Gasteiger partial charge < -0.3 is 15.5 Å². The van der Waals surface area contributed by atoms with Gasteiger partial charge >= 0.3 is 0 Å². The molecule has 0 aromatic carbocycles. The van der Waals surface area contributed by atoms with Crippen molar-refractivity contribution < 1.29 is 4.79 Å². The molecule has 0 spiro atoms. The minimum atomic E-state index is -0.759. The fourth-order valence-electron chi connectivity index (χ4n) is 1.84. The molecule has 0 aromatic rings. The number of carbonyl (C=O) groups excluding carboxylic acids is 1. The van der Waals surface area contributed by atoms with Crippen molar-refractivity contribution in [3.8, 4) is 0 Å². The third-order valence-corrected chi connectivity index (χ3v) is 3.02. The number of amides is 1. The van der Waals surface area contributed by atoms with E-state index in [1.807, 2.05) is 11.8 Å². The maximum absolute atomic E-state index is 12.0. The molecule has 1 amide bonds. The van der Waals surface area contributed by atoms with Crippen molar-refractivity contribution in [3.05, 3.63) is 0 Å². The Bertz CT molecular complexity index is 219. The van der Waals surface area contributed by atoms with E-state index in [1.54, 1.807) is 13.8 Å². The molecule has 0 rings (SSSR count). The van der Waals surface area contributed by atoms with E-state index in [0.717, 1.165) is 39.1 Å². The summed E-state index contributed by atoms with van der Waals surface area (Å²) < 4.78 is 0. The van der Waals surface area contributed by atoms with Crippen LogP contribution in [0.25, 0.3) is 0 Å². The number of hydrogen-bond donors (Lipinski definition) is 1. The van der Waals surface area contributed by atoms with Gasteiger partial charge in [0.05, 0.1) is 5.54 Å². The van der Waals surface area contributed by atoms with Crippen molar-refractivity contribution in [3.63, 3.8) is 0 Å². The third-order valence-electron chi connectivity index (χ3n) is 3.02. The molecule has 4 nitrogen and oxygen atoms in total. The fourth-order valence-corrected chi connectivity index (χ4v) is 1.84. The predicted molar refractivity (Wildman–Crippen MR) is 72.9 cm³/mol. The van der Waals surface area contributed by atoms with Crippen molar-refractivity contribution in [1.29, 1.82) is 0 Å². The highest BCUT2D eigenvalue weighted by atomic mass is 16.2. The van der Waals surface area contributed by atoms with Crippen LogP contribution in [0.1, 0.15) is 41.0 Å². The second kappa shape index (κ2) is 7.67. The summed E-state index contributed by atoms with van der Waals surface area (Å²) in [6, 6.07) is 0. The molecule has 0 bridgehead atoms. The van der Waals surface area contributed by atoms with Gasteiger partial charge in [-0.15, -0.1) is 0 Å². The van der Waals surface area contributed by atoms with Gasteiger partial charge in [-0.05, 0) is 46.8 Å². The highest BCUT2D eigenvalue weighted by molar-refractivity contribution is 5.85. The number of rotatable bonds is 8. The van der Waals surface area contributed by atoms with Crippen LogP contribution in [0.3, 0.4) is 0 Å². The monoisotopic (exact) mass is 243 g/mol. The van der Waals surface area contributed by atoms with Crippen LogP contribution in [0.5, 0.6) is 0 Å². The van der Waals surface area contributed by atoms with E-state index in [1.165, 1.54) is 0 Å². The molecule has 2 N–H and O–H groups in total. The van der Waals surface area contributed by atoms with Crippen molar-refractivity contribution in [2.24, 2.45) is 5.73 Å². The van der Waals surface area contributed by atoms with Gasteiger partial charge in [0, 0.05) is 13.1 Å². The summed E-state index contributed by atoms with van der Waals surface area (Å²) in [6.07, 6.45) is 1.01. The Balaban J connectivity index is 4.11. The van der Waals surface area contributed by atoms with E-state index in [9.17, 15) is 4.79 Å². The Morgan fingerprint density at radius 3 is 1.94 bits per heavy atom. The van der Waals surface area contributed by atoms with E-state index in [4.69, 9.17) is 5.73 Å². The molecule has 0 aliphatic heterocycles. The number of nitrogens with zero attached hydrogens (tertiary/aromatic N) is 2. The molecule has 0 saturated heterocycles. The molecule has 17 heavy (non-hydrogen) atoms. The van der Waals surface area contributed by atoms with Crippen molar-refractivity contribution in [1.82, 2.24) is 9.80 Å². The molecule has 0 aliphatic rings. The first kappa shape index (κ1) is 16.4. The Labute approximate surface area is 106 Å². The largest absolute Gasteiger partial charge is 0.341 e. The fraction of sp³-hybridized carbons (Fsp3) is 0.923. The van der Waals surface area contributed by atoms with Crippen molar-refractivity contribution in [2.75, 3.05) is 32.7 Å². The van der Waals surface area contributed by atoms with Crippen LogP contribution in [0.4, 0.5) is 0 Å². The second-order valence-electron chi connectivity index (χ2n) is 4.99. The Morgan fingerprint density at radius 2 is 1.59 bits per heavy atom. The van der Waals surface area contributed by atoms with E-state index < -0.39 is 5.54 Å². The average molecular weight is 243 g/mol. The molecule has 0 heterocycles. The van der Waals surface area contributed by atoms with Crippen LogP contribution in [-0.4, -0.2) is 54.0 Å². The minimum absolute atomic E-state index is 0.0412. The lowest BCUT2D eigenvalue weighted by Crippen LogP contribution is -2.51. The lowest BCUT2D eigenvalue weighted by atomic mass is 10.1. The normalized spacial score (nSPS) is 11.9.